The molecule has 0 radical (unpaired) electrons. The van der Waals surface area contributed by atoms with Crippen molar-refractivity contribution in [2.24, 2.45) is 4.99 Å². The van der Waals surface area contributed by atoms with E-state index in [0.717, 1.165) is 25.6 Å². The van der Waals surface area contributed by atoms with Crippen molar-refractivity contribution in [1.82, 2.24) is 24.6 Å². The molecule has 0 spiro atoms. The number of piperidine rings is 1. The van der Waals surface area contributed by atoms with Gasteiger partial charge in [-0.2, -0.15) is 4.31 Å². The van der Waals surface area contributed by atoms with Crippen molar-refractivity contribution < 1.29 is 12.9 Å². The van der Waals surface area contributed by atoms with Crippen molar-refractivity contribution in [3.63, 3.8) is 0 Å². The third-order valence-corrected chi connectivity index (χ3v) is 7.83. The zero-order valence-corrected chi connectivity index (χ0v) is 22.0. The van der Waals surface area contributed by atoms with E-state index in [1.54, 1.807) is 10.4 Å². The molecule has 11 heteroatoms. The lowest BCUT2D eigenvalue weighted by atomic mass is 10.0. The van der Waals surface area contributed by atoms with Crippen LogP contribution in [0.3, 0.4) is 0 Å². The summed E-state index contributed by atoms with van der Waals surface area (Å²) in [6, 6.07) is 2.61. The van der Waals surface area contributed by atoms with Gasteiger partial charge in [0.1, 0.15) is 12.0 Å². The molecule has 2 aliphatic rings. The lowest BCUT2D eigenvalue weighted by molar-refractivity contribution is 0.118. The Hall–Kier alpha value is -0.920. The second kappa shape index (κ2) is 12.4. The molecule has 0 amide bonds. The first-order valence-electron chi connectivity index (χ1n) is 11.1. The minimum atomic E-state index is -3.40. The van der Waals surface area contributed by atoms with Crippen LogP contribution in [-0.4, -0.2) is 91.5 Å². The first-order chi connectivity index (χ1) is 14.4. The molecule has 2 fully saturated rings. The maximum absolute atomic E-state index is 12.7. The summed E-state index contributed by atoms with van der Waals surface area (Å²) >= 11 is 0. The lowest BCUT2D eigenvalue weighted by Gasteiger charge is -2.38. The molecule has 1 aromatic rings. The van der Waals surface area contributed by atoms with Crippen molar-refractivity contribution in [2.45, 2.75) is 57.9 Å². The van der Waals surface area contributed by atoms with E-state index in [1.807, 2.05) is 0 Å². The van der Waals surface area contributed by atoms with E-state index in [9.17, 15) is 8.42 Å². The van der Waals surface area contributed by atoms with Gasteiger partial charge >= 0.3 is 0 Å². The van der Waals surface area contributed by atoms with Gasteiger partial charge in [0, 0.05) is 50.9 Å². The molecule has 9 nitrogen and oxygen atoms in total. The van der Waals surface area contributed by atoms with Crippen LogP contribution in [-0.2, 0) is 15.8 Å². The van der Waals surface area contributed by atoms with Crippen LogP contribution in [0.4, 0.5) is 0 Å². The molecule has 2 saturated heterocycles. The van der Waals surface area contributed by atoms with Crippen LogP contribution >= 0.6 is 24.0 Å². The molecule has 0 saturated carbocycles. The second-order valence-corrected chi connectivity index (χ2v) is 10.2. The fourth-order valence-corrected chi connectivity index (χ4v) is 5.72. The van der Waals surface area contributed by atoms with Gasteiger partial charge in [-0.1, -0.05) is 11.6 Å². The highest BCUT2D eigenvalue weighted by Crippen LogP contribution is 2.19. The molecular weight excluding hydrogens is 531 g/mol. The van der Waals surface area contributed by atoms with Crippen LogP contribution in [0.25, 0.3) is 0 Å². The van der Waals surface area contributed by atoms with Crippen molar-refractivity contribution in [3.8, 4) is 0 Å². The number of aromatic nitrogens is 1. The Balaban J connectivity index is 0.00000341. The number of nitrogens with one attached hydrogen (secondary N) is 1. The molecular formula is C20H37IN6O3S. The third-order valence-electron chi connectivity index (χ3n) is 6.01. The van der Waals surface area contributed by atoms with Gasteiger partial charge in [0.15, 0.2) is 5.96 Å². The number of piperazine rings is 1. The Morgan fingerprint density at radius 2 is 2.03 bits per heavy atom. The molecule has 2 unspecified atom stereocenters. The second-order valence-electron chi connectivity index (χ2n) is 8.26. The van der Waals surface area contributed by atoms with E-state index in [4.69, 9.17) is 9.52 Å². The summed E-state index contributed by atoms with van der Waals surface area (Å²) in [7, 11) is -3.40. The van der Waals surface area contributed by atoms with Gasteiger partial charge in [-0.3, -0.25) is 9.89 Å². The molecule has 31 heavy (non-hydrogen) atoms. The number of hydrogen-bond donors (Lipinski definition) is 1. The monoisotopic (exact) mass is 568 g/mol. The highest BCUT2D eigenvalue weighted by Gasteiger charge is 2.29. The highest BCUT2D eigenvalue weighted by molar-refractivity contribution is 14.0. The van der Waals surface area contributed by atoms with Gasteiger partial charge in [0.25, 0.3) is 0 Å². The predicted octanol–water partition coefficient (Wildman–Crippen LogP) is 1.97. The SMILES string of the molecule is CCNC(=NCC(C)N1CCCCC1C)N1CCN(S(=O)(=O)Cc2ccon2)CC1.I. The molecule has 1 N–H and O–H groups in total. The fraction of sp³-hybridized carbons (Fsp3) is 0.800. The van der Waals surface area contributed by atoms with Crippen molar-refractivity contribution in [3.05, 3.63) is 18.0 Å². The van der Waals surface area contributed by atoms with Gasteiger partial charge in [0.05, 0.1) is 12.2 Å². The molecule has 0 bridgehead atoms. The Morgan fingerprint density at radius 3 is 2.65 bits per heavy atom. The van der Waals surface area contributed by atoms with Crippen LogP contribution in [0.1, 0.15) is 45.7 Å². The Labute approximate surface area is 203 Å². The van der Waals surface area contributed by atoms with Crippen LogP contribution in [0, 0.1) is 0 Å². The van der Waals surface area contributed by atoms with Gasteiger partial charge in [-0.15, -0.1) is 24.0 Å². The van der Waals surface area contributed by atoms with E-state index in [-0.39, 0.29) is 29.7 Å². The summed E-state index contributed by atoms with van der Waals surface area (Å²) in [6.45, 7) is 11.5. The zero-order chi connectivity index (χ0) is 21.6. The van der Waals surface area contributed by atoms with Crippen LogP contribution in [0.2, 0.25) is 0 Å². The summed E-state index contributed by atoms with van der Waals surface area (Å²) in [5, 5.41) is 7.10. The lowest BCUT2D eigenvalue weighted by Crippen LogP contribution is -2.54. The van der Waals surface area contributed by atoms with Gasteiger partial charge < -0.3 is 14.7 Å². The molecule has 3 rings (SSSR count). The topological polar surface area (TPSA) is 94.3 Å². The molecule has 0 aromatic carbocycles. The quantitative estimate of drug-likeness (QED) is 0.306. The average Bonchev–Trinajstić information content (AvgIpc) is 3.23. The molecule has 2 atom stereocenters. The molecule has 2 aliphatic heterocycles. The number of aliphatic imine (C=N–C) groups is 1. The van der Waals surface area contributed by atoms with Crippen molar-refractivity contribution in [1.29, 1.82) is 0 Å². The molecule has 0 aliphatic carbocycles. The molecule has 3 heterocycles. The Bertz CT molecular complexity index is 781. The minimum absolute atomic E-state index is 0. The van der Waals surface area contributed by atoms with E-state index >= 15 is 0 Å². The highest BCUT2D eigenvalue weighted by atomic mass is 127. The van der Waals surface area contributed by atoms with E-state index in [2.05, 4.69) is 41.0 Å². The largest absolute Gasteiger partial charge is 0.364 e. The zero-order valence-electron chi connectivity index (χ0n) is 18.9. The summed E-state index contributed by atoms with van der Waals surface area (Å²) in [5.41, 5.74) is 0.438. The number of hydrogen-bond acceptors (Lipinski definition) is 6. The van der Waals surface area contributed by atoms with E-state index in [0.29, 0.717) is 44.0 Å². The number of rotatable bonds is 7. The maximum atomic E-state index is 12.7. The van der Waals surface area contributed by atoms with Gasteiger partial charge in [0.2, 0.25) is 10.0 Å². The first kappa shape index (κ1) is 26.3. The number of sulfonamides is 1. The van der Waals surface area contributed by atoms with Crippen molar-refractivity contribution >= 4 is 40.0 Å². The number of nitrogens with zero attached hydrogens (tertiary/aromatic N) is 5. The summed E-state index contributed by atoms with van der Waals surface area (Å²) in [6.07, 6.45) is 5.25. The number of halogens is 1. The Morgan fingerprint density at radius 1 is 1.29 bits per heavy atom. The molecule has 178 valence electrons. The van der Waals surface area contributed by atoms with Gasteiger partial charge in [-0.05, 0) is 40.2 Å². The predicted molar refractivity (Wildman–Crippen MR) is 133 cm³/mol. The number of likely N-dealkylation sites (tertiary alicyclic amines) is 1. The maximum Gasteiger partial charge on any atom is 0.220 e. The minimum Gasteiger partial charge on any atom is -0.364 e. The first-order valence-corrected chi connectivity index (χ1v) is 12.7. The Kier molecular flexibility index (Phi) is 10.5. The normalized spacial score (nSPS) is 22.7. The van der Waals surface area contributed by atoms with Crippen LogP contribution in [0.15, 0.2) is 21.8 Å². The third kappa shape index (κ3) is 7.29. The summed E-state index contributed by atoms with van der Waals surface area (Å²) < 4.78 is 31.6. The van der Waals surface area contributed by atoms with Gasteiger partial charge in [-0.25, -0.2) is 8.42 Å². The van der Waals surface area contributed by atoms with Crippen LogP contribution in [0.5, 0.6) is 0 Å². The fourth-order valence-electron chi connectivity index (χ4n) is 4.29. The standard InChI is InChI=1S/C20H36N6O3S.HI/c1-4-21-20(22-15-18(3)26-9-6-5-7-17(26)2)24-10-12-25(13-11-24)30(27,28)16-19-8-14-29-23-19;/h8,14,17-18H,4-7,9-13,15-16H2,1-3H3,(H,21,22);1H. The summed E-state index contributed by atoms with van der Waals surface area (Å²) in [4.78, 5) is 9.62. The number of guanidine groups is 1. The average molecular weight is 569 g/mol. The molecule has 1 aromatic heterocycles. The van der Waals surface area contributed by atoms with Crippen LogP contribution < -0.4 is 5.32 Å². The van der Waals surface area contributed by atoms with E-state index in [1.165, 1.54) is 25.5 Å². The van der Waals surface area contributed by atoms with E-state index < -0.39 is 10.0 Å². The summed E-state index contributed by atoms with van der Waals surface area (Å²) in [5.74, 6) is 0.756. The van der Waals surface area contributed by atoms with Crippen molar-refractivity contribution in [2.75, 3.05) is 45.8 Å². The smallest absolute Gasteiger partial charge is 0.220 e.